The molecular weight excluding hydrogens is 366 g/mol. The zero-order valence-corrected chi connectivity index (χ0v) is 17.7. The van der Waals surface area contributed by atoms with E-state index in [0.29, 0.717) is 0 Å². The number of hydrogen-bond donors (Lipinski definition) is 1. The lowest BCUT2D eigenvalue weighted by Crippen LogP contribution is -2.70. The van der Waals surface area contributed by atoms with Crippen molar-refractivity contribution in [1.29, 1.82) is 0 Å². The largest absolute Gasteiger partial charge is 0.384 e. The van der Waals surface area contributed by atoms with Crippen LogP contribution in [0.15, 0.2) is 46.8 Å². The minimum Gasteiger partial charge on any atom is -0.384 e. The molecule has 5 rings (SSSR count). The summed E-state index contributed by atoms with van der Waals surface area (Å²) in [6.45, 7) is 10.0. The molecule has 0 amide bonds. The van der Waals surface area contributed by atoms with Crippen LogP contribution in [0, 0.1) is 17.3 Å². The van der Waals surface area contributed by atoms with Crippen LogP contribution in [0.4, 0.5) is 5.69 Å². The van der Waals surface area contributed by atoms with Gasteiger partial charge in [0.05, 0.1) is 11.8 Å². The van der Waals surface area contributed by atoms with Crippen LogP contribution >= 0.6 is 0 Å². The standard InChI is InChI=1S/C23H31N3O3/c1-21(2)16-11-12-18-20(29-22(3,4)28-18)19(16)23(21,27)15-9-5-6-10-17(15)24-25-26-13-7-8-14-26/h5-6,9-12,16,18-20,27H,7-8,13-14H2,1-4H3/t16-,18-,19-,20-,23+/m0/s1. The number of benzene rings is 1. The van der Waals surface area contributed by atoms with Gasteiger partial charge in [-0.15, -0.1) is 5.11 Å². The molecule has 2 heterocycles. The van der Waals surface area contributed by atoms with Gasteiger partial charge in [-0.05, 0) is 38.7 Å². The van der Waals surface area contributed by atoms with Crippen molar-refractivity contribution >= 4 is 5.69 Å². The fraction of sp³-hybridized carbons (Fsp3) is 0.652. The first-order chi connectivity index (χ1) is 13.7. The number of nitrogens with zero attached hydrogens (tertiary/aromatic N) is 3. The zero-order valence-electron chi connectivity index (χ0n) is 17.7. The fourth-order valence-electron chi connectivity index (χ4n) is 5.88. The van der Waals surface area contributed by atoms with Crippen LogP contribution in [-0.2, 0) is 15.1 Å². The van der Waals surface area contributed by atoms with Gasteiger partial charge in [-0.1, -0.05) is 49.4 Å². The summed E-state index contributed by atoms with van der Waals surface area (Å²) in [5, 5.41) is 23.2. The number of aliphatic hydroxyl groups is 1. The third kappa shape index (κ3) is 2.72. The van der Waals surface area contributed by atoms with E-state index in [0.717, 1.165) is 37.2 Å². The quantitative estimate of drug-likeness (QED) is 0.609. The molecule has 1 aromatic carbocycles. The molecule has 4 aliphatic rings. The zero-order chi connectivity index (χ0) is 20.4. The van der Waals surface area contributed by atoms with Gasteiger partial charge in [-0.3, -0.25) is 5.01 Å². The normalized spacial score (nSPS) is 39.4. The van der Waals surface area contributed by atoms with Gasteiger partial charge < -0.3 is 14.6 Å². The van der Waals surface area contributed by atoms with Crippen LogP contribution in [0.5, 0.6) is 0 Å². The maximum Gasteiger partial charge on any atom is 0.164 e. The van der Waals surface area contributed by atoms with Crippen LogP contribution < -0.4 is 0 Å². The molecule has 1 N–H and O–H groups in total. The Bertz CT molecular complexity index is 859. The Hall–Kier alpha value is -1.76. The highest BCUT2D eigenvalue weighted by molar-refractivity contribution is 5.52. The summed E-state index contributed by atoms with van der Waals surface area (Å²) in [5.74, 6) is -0.517. The monoisotopic (exact) mass is 397 g/mol. The summed E-state index contributed by atoms with van der Waals surface area (Å²) in [5.41, 5.74) is 0.138. The lowest BCUT2D eigenvalue weighted by atomic mass is 9.40. The summed E-state index contributed by atoms with van der Waals surface area (Å²) in [4.78, 5) is 0. The molecule has 1 aromatic rings. The second kappa shape index (κ2) is 6.37. The summed E-state index contributed by atoms with van der Waals surface area (Å²) < 4.78 is 12.4. The van der Waals surface area contributed by atoms with Crippen LogP contribution in [0.1, 0.15) is 46.1 Å². The smallest absolute Gasteiger partial charge is 0.164 e. The maximum absolute atomic E-state index is 12.2. The maximum atomic E-state index is 12.2. The van der Waals surface area contributed by atoms with E-state index >= 15 is 0 Å². The summed E-state index contributed by atoms with van der Waals surface area (Å²) >= 11 is 0. The molecule has 2 aliphatic heterocycles. The van der Waals surface area contributed by atoms with Gasteiger partial charge in [-0.2, -0.15) is 0 Å². The highest BCUT2D eigenvalue weighted by atomic mass is 16.8. The van der Waals surface area contributed by atoms with Gasteiger partial charge in [0.15, 0.2) is 5.79 Å². The molecule has 6 nitrogen and oxygen atoms in total. The van der Waals surface area contributed by atoms with Crippen molar-refractivity contribution in [2.75, 3.05) is 13.1 Å². The molecular formula is C23H31N3O3. The number of ether oxygens (including phenoxy) is 2. The average Bonchev–Trinajstić information content (AvgIpc) is 3.30. The third-order valence-corrected chi connectivity index (χ3v) is 7.39. The van der Waals surface area contributed by atoms with E-state index in [2.05, 4.69) is 36.3 Å². The van der Waals surface area contributed by atoms with E-state index in [4.69, 9.17) is 9.47 Å². The van der Waals surface area contributed by atoms with Gasteiger partial charge >= 0.3 is 0 Å². The van der Waals surface area contributed by atoms with Crippen molar-refractivity contribution < 1.29 is 14.6 Å². The Morgan fingerprint density at radius 1 is 1.03 bits per heavy atom. The van der Waals surface area contributed by atoms with Gasteiger partial charge in [0, 0.05) is 30.0 Å². The molecule has 156 valence electrons. The third-order valence-electron chi connectivity index (χ3n) is 7.39. The van der Waals surface area contributed by atoms with Crippen LogP contribution in [0.2, 0.25) is 0 Å². The van der Waals surface area contributed by atoms with E-state index in [1.54, 1.807) is 0 Å². The summed E-state index contributed by atoms with van der Waals surface area (Å²) in [7, 11) is 0. The predicted molar refractivity (Wildman–Crippen MR) is 109 cm³/mol. The van der Waals surface area contributed by atoms with Crippen molar-refractivity contribution in [3.63, 3.8) is 0 Å². The van der Waals surface area contributed by atoms with Crippen molar-refractivity contribution in [3.8, 4) is 0 Å². The van der Waals surface area contributed by atoms with Gasteiger partial charge in [-0.25, -0.2) is 0 Å². The highest BCUT2D eigenvalue weighted by Crippen LogP contribution is 2.69. The predicted octanol–water partition coefficient (Wildman–Crippen LogP) is 4.33. The molecule has 6 heteroatoms. The molecule has 0 unspecified atom stereocenters. The molecule has 0 bridgehead atoms. The lowest BCUT2D eigenvalue weighted by molar-refractivity contribution is -0.280. The Kier molecular flexibility index (Phi) is 4.22. The average molecular weight is 398 g/mol. The first kappa shape index (κ1) is 19.2. The first-order valence-electron chi connectivity index (χ1n) is 10.8. The van der Waals surface area contributed by atoms with E-state index < -0.39 is 11.4 Å². The fourth-order valence-corrected chi connectivity index (χ4v) is 5.88. The van der Waals surface area contributed by atoms with E-state index in [1.807, 2.05) is 43.1 Å². The van der Waals surface area contributed by atoms with Gasteiger partial charge in [0.2, 0.25) is 0 Å². The molecule has 0 spiro atoms. The Labute approximate surface area is 172 Å². The Balaban J connectivity index is 1.54. The van der Waals surface area contributed by atoms with Crippen molar-refractivity contribution in [2.45, 2.75) is 64.1 Å². The SMILES string of the molecule is CC1(C)O[C@@H]2[C@@H]3[C@H](C=C[C@@H]2O1)C(C)(C)[C@@]3(O)c1ccccc1N=NN1CCCC1. The molecule has 0 aromatic heterocycles. The number of rotatable bonds is 3. The molecule has 29 heavy (non-hydrogen) atoms. The second-order valence-corrected chi connectivity index (χ2v) is 9.86. The van der Waals surface area contributed by atoms with Crippen LogP contribution in [-0.4, -0.2) is 41.2 Å². The summed E-state index contributed by atoms with van der Waals surface area (Å²) in [6, 6.07) is 7.86. The van der Waals surface area contributed by atoms with Crippen molar-refractivity contribution in [3.05, 3.63) is 42.0 Å². The topological polar surface area (TPSA) is 66.6 Å². The van der Waals surface area contributed by atoms with E-state index in [9.17, 15) is 5.11 Å². The molecule has 3 fully saturated rings. The highest BCUT2D eigenvalue weighted by Gasteiger charge is 2.72. The molecule has 2 aliphatic carbocycles. The van der Waals surface area contributed by atoms with Gasteiger partial charge in [0.1, 0.15) is 11.7 Å². The molecule has 0 radical (unpaired) electrons. The number of allylic oxidation sites excluding steroid dienone is 1. The Morgan fingerprint density at radius 3 is 2.52 bits per heavy atom. The lowest BCUT2D eigenvalue weighted by Gasteiger charge is -2.66. The van der Waals surface area contributed by atoms with Crippen LogP contribution in [0.3, 0.4) is 0 Å². The van der Waals surface area contributed by atoms with Crippen molar-refractivity contribution in [1.82, 2.24) is 5.01 Å². The van der Waals surface area contributed by atoms with E-state index in [-0.39, 0.29) is 29.5 Å². The van der Waals surface area contributed by atoms with E-state index in [1.165, 1.54) is 0 Å². The minimum atomic E-state index is -1.07. The number of fused-ring (bicyclic) bond motifs is 3. The molecule has 5 atom stereocenters. The molecule has 2 saturated heterocycles. The number of hydrogen-bond acceptors (Lipinski definition) is 5. The van der Waals surface area contributed by atoms with Crippen LogP contribution in [0.25, 0.3) is 0 Å². The Morgan fingerprint density at radius 2 is 1.76 bits per heavy atom. The summed E-state index contributed by atoms with van der Waals surface area (Å²) in [6.07, 6.45) is 6.32. The first-order valence-corrected chi connectivity index (χ1v) is 10.8. The van der Waals surface area contributed by atoms with Crippen molar-refractivity contribution in [2.24, 2.45) is 27.6 Å². The minimum absolute atomic E-state index is 0.0857. The van der Waals surface area contributed by atoms with Gasteiger partial charge in [0.25, 0.3) is 0 Å². The second-order valence-electron chi connectivity index (χ2n) is 9.86. The molecule has 1 saturated carbocycles.